The molecule has 1 saturated heterocycles. The van der Waals surface area contributed by atoms with Crippen LogP contribution in [-0.4, -0.2) is 43.1 Å². The minimum atomic E-state index is -3.44. The summed E-state index contributed by atoms with van der Waals surface area (Å²) in [5.74, 6) is -0.0587. The zero-order valence-corrected chi connectivity index (χ0v) is 12.5. The number of nitrogens with two attached hydrogens (primary N) is 1. The Morgan fingerprint density at radius 3 is 2.75 bits per heavy atom. The second-order valence-electron chi connectivity index (χ2n) is 4.70. The third-order valence-corrected chi connectivity index (χ3v) is 5.21. The predicted molar refractivity (Wildman–Crippen MR) is 80.2 cm³/mol. The maximum absolute atomic E-state index is 12.2. The van der Waals surface area contributed by atoms with Crippen molar-refractivity contribution in [1.82, 2.24) is 4.90 Å². The lowest BCUT2D eigenvalue weighted by Crippen LogP contribution is -2.30. The summed E-state index contributed by atoms with van der Waals surface area (Å²) < 4.78 is 24.5. The standard InChI is InChI=1S/C13H16N2O3S2/c14-13(19)10-3-1-4-11(9-10)20(17,18)8-7-15-6-2-5-12(15)16/h1,3-4,9H,2,5-8H2,(H2,14,19). The maximum atomic E-state index is 12.2. The quantitative estimate of drug-likeness (QED) is 0.810. The fourth-order valence-corrected chi connectivity index (χ4v) is 3.55. The van der Waals surface area contributed by atoms with Crippen molar-refractivity contribution in [2.75, 3.05) is 18.8 Å². The van der Waals surface area contributed by atoms with E-state index in [1.807, 2.05) is 0 Å². The van der Waals surface area contributed by atoms with Crippen molar-refractivity contribution >= 4 is 33.0 Å². The number of likely N-dealkylation sites (tertiary alicyclic amines) is 1. The molecule has 0 aromatic heterocycles. The highest BCUT2D eigenvalue weighted by atomic mass is 32.2. The molecule has 2 rings (SSSR count). The van der Waals surface area contributed by atoms with Gasteiger partial charge in [-0.25, -0.2) is 8.42 Å². The fraction of sp³-hybridized carbons (Fsp3) is 0.385. The Morgan fingerprint density at radius 1 is 1.40 bits per heavy atom. The van der Waals surface area contributed by atoms with Gasteiger partial charge in [-0.2, -0.15) is 0 Å². The van der Waals surface area contributed by atoms with Gasteiger partial charge in [-0.3, -0.25) is 4.79 Å². The molecule has 1 aromatic carbocycles. The Balaban J connectivity index is 2.12. The topological polar surface area (TPSA) is 80.5 Å². The van der Waals surface area contributed by atoms with Crippen LogP contribution in [0.15, 0.2) is 29.2 Å². The molecule has 0 radical (unpaired) electrons. The van der Waals surface area contributed by atoms with Crippen LogP contribution >= 0.6 is 12.2 Å². The van der Waals surface area contributed by atoms with Crippen LogP contribution in [0.3, 0.4) is 0 Å². The van der Waals surface area contributed by atoms with Crippen LogP contribution in [0.1, 0.15) is 18.4 Å². The summed E-state index contributed by atoms with van der Waals surface area (Å²) in [6.45, 7) is 0.875. The number of thiocarbonyl (C=S) groups is 1. The van der Waals surface area contributed by atoms with Crippen molar-refractivity contribution in [3.05, 3.63) is 29.8 Å². The smallest absolute Gasteiger partial charge is 0.222 e. The molecular formula is C13H16N2O3S2. The molecule has 0 bridgehead atoms. The molecule has 0 atom stereocenters. The lowest BCUT2D eigenvalue weighted by Gasteiger charge is -2.15. The van der Waals surface area contributed by atoms with Crippen LogP contribution in [0.5, 0.6) is 0 Å². The van der Waals surface area contributed by atoms with Crippen molar-refractivity contribution in [2.24, 2.45) is 5.73 Å². The highest BCUT2D eigenvalue weighted by Gasteiger charge is 2.23. The summed E-state index contributed by atoms with van der Waals surface area (Å²) in [6, 6.07) is 6.28. The molecule has 1 aliphatic heterocycles. The number of rotatable bonds is 5. The lowest BCUT2D eigenvalue weighted by molar-refractivity contribution is -0.127. The van der Waals surface area contributed by atoms with Crippen molar-refractivity contribution in [3.63, 3.8) is 0 Å². The Labute approximate surface area is 123 Å². The van der Waals surface area contributed by atoms with Crippen molar-refractivity contribution in [3.8, 4) is 0 Å². The van der Waals surface area contributed by atoms with E-state index in [9.17, 15) is 13.2 Å². The van der Waals surface area contributed by atoms with Gasteiger partial charge in [-0.1, -0.05) is 24.4 Å². The molecule has 0 saturated carbocycles. The molecule has 0 aliphatic carbocycles. The maximum Gasteiger partial charge on any atom is 0.222 e. The molecule has 1 amide bonds. The first kappa shape index (κ1) is 14.9. The SMILES string of the molecule is NC(=S)c1cccc(S(=O)(=O)CCN2CCCC2=O)c1. The van der Waals surface area contributed by atoms with E-state index in [4.69, 9.17) is 18.0 Å². The predicted octanol–water partition coefficient (Wildman–Crippen LogP) is 0.717. The molecule has 7 heteroatoms. The van der Waals surface area contributed by atoms with Crippen molar-refractivity contribution in [1.29, 1.82) is 0 Å². The van der Waals surface area contributed by atoms with E-state index in [0.717, 1.165) is 6.42 Å². The second kappa shape index (κ2) is 5.88. The minimum Gasteiger partial charge on any atom is -0.389 e. The van der Waals surface area contributed by atoms with E-state index in [-0.39, 0.29) is 28.1 Å². The average molecular weight is 312 g/mol. The highest BCUT2D eigenvalue weighted by molar-refractivity contribution is 7.91. The number of nitrogens with zero attached hydrogens (tertiary/aromatic N) is 1. The molecule has 1 fully saturated rings. The van der Waals surface area contributed by atoms with Gasteiger partial charge in [0.05, 0.1) is 10.6 Å². The number of sulfone groups is 1. The van der Waals surface area contributed by atoms with Crippen LogP contribution in [0.25, 0.3) is 0 Å². The first-order valence-corrected chi connectivity index (χ1v) is 8.36. The molecule has 5 nitrogen and oxygen atoms in total. The van der Waals surface area contributed by atoms with Crippen molar-refractivity contribution < 1.29 is 13.2 Å². The van der Waals surface area contributed by atoms with Gasteiger partial charge in [0.1, 0.15) is 4.99 Å². The minimum absolute atomic E-state index is 0.0251. The highest BCUT2D eigenvalue weighted by Crippen LogP contribution is 2.15. The molecule has 0 spiro atoms. The van der Waals surface area contributed by atoms with Crippen LogP contribution < -0.4 is 5.73 Å². The van der Waals surface area contributed by atoms with E-state index in [2.05, 4.69) is 0 Å². The van der Waals surface area contributed by atoms with E-state index >= 15 is 0 Å². The summed E-state index contributed by atoms with van der Waals surface area (Å²) in [5, 5.41) is 0. The number of carbonyl (C=O) groups excluding carboxylic acids is 1. The number of hydrogen-bond donors (Lipinski definition) is 1. The normalized spacial score (nSPS) is 15.6. The molecule has 2 N–H and O–H groups in total. The number of carbonyl (C=O) groups is 1. The Hall–Kier alpha value is -1.47. The average Bonchev–Trinajstić information content (AvgIpc) is 2.82. The third-order valence-electron chi connectivity index (χ3n) is 3.28. The first-order valence-electron chi connectivity index (χ1n) is 6.30. The van der Waals surface area contributed by atoms with Gasteiger partial charge in [0.25, 0.3) is 0 Å². The summed E-state index contributed by atoms with van der Waals surface area (Å²) in [7, 11) is -3.44. The van der Waals surface area contributed by atoms with Crippen molar-refractivity contribution in [2.45, 2.75) is 17.7 Å². The summed E-state index contributed by atoms with van der Waals surface area (Å²) in [4.78, 5) is 13.4. The van der Waals surface area contributed by atoms with E-state index in [0.29, 0.717) is 18.5 Å². The Bertz CT molecular complexity index is 641. The van der Waals surface area contributed by atoms with Gasteiger partial charge in [0.15, 0.2) is 9.84 Å². The zero-order chi connectivity index (χ0) is 14.8. The van der Waals surface area contributed by atoms with Crippen LogP contribution in [0.4, 0.5) is 0 Å². The van der Waals surface area contributed by atoms with Crippen LogP contribution in [0.2, 0.25) is 0 Å². The van der Waals surface area contributed by atoms with Gasteiger partial charge >= 0.3 is 0 Å². The molecule has 0 unspecified atom stereocenters. The fourth-order valence-electron chi connectivity index (χ4n) is 2.13. The summed E-state index contributed by atoms with van der Waals surface area (Å²) >= 11 is 4.84. The number of hydrogen-bond acceptors (Lipinski definition) is 4. The van der Waals surface area contributed by atoms with Gasteiger partial charge in [0, 0.05) is 25.1 Å². The third kappa shape index (κ3) is 3.34. The van der Waals surface area contributed by atoms with Crippen LogP contribution in [-0.2, 0) is 14.6 Å². The van der Waals surface area contributed by atoms with Gasteiger partial charge < -0.3 is 10.6 Å². The van der Waals surface area contributed by atoms with Gasteiger partial charge in [-0.15, -0.1) is 0 Å². The lowest BCUT2D eigenvalue weighted by atomic mass is 10.2. The molecule has 1 aliphatic rings. The van der Waals surface area contributed by atoms with Gasteiger partial charge in [-0.05, 0) is 18.6 Å². The van der Waals surface area contributed by atoms with E-state index in [1.54, 1.807) is 17.0 Å². The van der Waals surface area contributed by atoms with E-state index < -0.39 is 9.84 Å². The molecular weight excluding hydrogens is 296 g/mol. The Morgan fingerprint density at radius 2 is 2.15 bits per heavy atom. The zero-order valence-electron chi connectivity index (χ0n) is 10.9. The van der Waals surface area contributed by atoms with E-state index in [1.165, 1.54) is 12.1 Å². The Kier molecular flexibility index (Phi) is 4.39. The summed E-state index contributed by atoms with van der Waals surface area (Å²) in [6.07, 6.45) is 1.31. The molecule has 108 valence electrons. The number of amides is 1. The largest absolute Gasteiger partial charge is 0.389 e. The van der Waals surface area contributed by atoms with Gasteiger partial charge in [0.2, 0.25) is 5.91 Å². The first-order chi connectivity index (χ1) is 9.40. The molecule has 20 heavy (non-hydrogen) atoms. The molecule has 1 aromatic rings. The second-order valence-corrected chi connectivity index (χ2v) is 7.24. The summed E-state index contributed by atoms with van der Waals surface area (Å²) in [5.41, 5.74) is 6.03. The molecule has 1 heterocycles. The number of benzene rings is 1. The monoisotopic (exact) mass is 312 g/mol. The van der Waals surface area contributed by atoms with Crippen LogP contribution in [0, 0.1) is 0 Å².